The van der Waals surface area contributed by atoms with Crippen molar-refractivity contribution in [3.05, 3.63) is 41.0 Å². The molecule has 0 spiro atoms. The van der Waals surface area contributed by atoms with Crippen molar-refractivity contribution in [2.75, 3.05) is 11.6 Å². The first-order valence-electron chi connectivity index (χ1n) is 8.31. The van der Waals surface area contributed by atoms with Gasteiger partial charge in [-0.2, -0.15) is 5.10 Å². The molecule has 1 amide bonds. The molecule has 2 rings (SSSR count). The summed E-state index contributed by atoms with van der Waals surface area (Å²) in [7, 11) is -3.49. The van der Waals surface area contributed by atoms with Gasteiger partial charge in [-0.25, -0.2) is 12.8 Å². The van der Waals surface area contributed by atoms with Crippen molar-refractivity contribution in [1.82, 2.24) is 9.78 Å². The van der Waals surface area contributed by atoms with Crippen LogP contribution >= 0.6 is 0 Å². The van der Waals surface area contributed by atoms with Crippen LogP contribution in [0.15, 0.2) is 23.1 Å². The Bertz CT molecular complexity index is 933. The number of hydrogen-bond acceptors (Lipinski definition) is 4. The third-order valence-electron chi connectivity index (χ3n) is 4.05. The van der Waals surface area contributed by atoms with E-state index in [1.54, 1.807) is 0 Å². The fourth-order valence-electron chi connectivity index (χ4n) is 2.70. The smallest absolute Gasteiger partial charge is 0.229 e. The van der Waals surface area contributed by atoms with Crippen molar-refractivity contribution < 1.29 is 17.6 Å². The summed E-state index contributed by atoms with van der Waals surface area (Å²) in [6.07, 6.45) is 1.07. The summed E-state index contributed by atoms with van der Waals surface area (Å²) in [5.41, 5.74) is 2.30. The van der Waals surface area contributed by atoms with E-state index in [4.69, 9.17) is 0 Å². The Hall–Kier alpha value is -2.22. The van der Waals surface area contributed by atoms with Gasteiger partial charge < -0.3 is 5.32 Å². The Morgan fingerprint density at radius 1 is 1.31 bits per heavy atom. The first-order valence-corrected chi connectivity index (χ1v) is 10.2. The number of sulfone groups is 1. The number of anilines is 1. The first-order chi connectivity index (χ1) is 12.0. The fourth-order valence-corrected chi connectivity index (χ4v) is 3.35. The molecule has 1 N–H and O–H groups in total. The molecule has 0 bridgehead atoms. The van der Waals surface area contributed by atoms with E-state index in [2.05, 4.69) is 24.3 Å². The molecule has 2 aromatic rings. The normalized spacial score (nSPS) is 11.8. The molecule has 1 aromatic carbocycles. The molecule has 0 radical (unpaired) electrons. The number of aromatic nitrogens is 2. The minimum atomic E-state index is -3.49. The van der Waals surface area contributed by atoms with E-state index in [9.17, 15) is 17.6 Å². The second kappa shape index (κ2) is 7.57. The van der Waals surface area contributed by atoms with Crippen molar-refractivity contribution in [3.63, 3.8) is 0 Å². The maximum atomic E-state index is 13.9. The summed E-state index contributed by atoms with van der Waals surface area (Å²) in [6, 6.07) is 3.33. The molecule has 0 atom stereocenters. The van der Waals surface area contributed by atoms with Crippen molar-refractivity contribution in [3.8, 4) is 0 Å². The van der Waals surface area contributed by atoms with E-state index < -0.39 is 21.6 Å². The van der Waals surface area contributed by atoms with Gasteiger partial charge in [0.25, 0.3) is 0 Å². The number of carbonyl (C=O) groups is 1. The zero-order valence-corrected chi connectivity index (χ0v) is 16.4. The molecule has 0 saturated heterocycles. The number of carbonyl (C=O) groups excluding carboxylic acids is 1. The molecule has 1 heterocycles. The Balaban J connectivity index is 2.21. The number of benzene rings is 1. The molecular weight excluding hydrogens is 357 g/mol. The van der Waals surface area contributed by atoms with Crippen molar-refractivity contribution in [1.29, 1.82) is 0 Å². The predicted molar refractivity (Wildman–Crippen MR) is 98.4 cm³/mol. The second-order valence-corrected chi connectivity index (χ2v) is 8.88. The molecule has 0 fully saturated rings. The molecule has 1 aromatic heterocycles. The summed E-state index contributed by atoms with van der Waals surface area (Å²) in [6.45, 7) is 8.65. The van der Waals surface area contributed by atoms with Crippen LogP contribution in [-0.4, -0.2) is 30.4 Å². The van der Waals surface area contributed by atoms with Gasteiger partial charge in [0.15, 0.2) is 9.84 Å². The summed E-state index contributed by atoms with van der Waals surface area (Å²) in [4.78, 5) is 12.3. The second-order valence-electron chi connectivity index (χ2n) is 6.86. The summed E-state index contributed by atoms with van der Waals surface area (Å²) < 4.78 is 39.0. The number of halogens is 1. The third-order valence-corrected chi connectivity index (χ3v) is 5.16. The average Bonchev–Trinajstić information content (AvgIpc) is 2.75. The van der Waals surface area contributed by atoms with E-state index in [1.165, 1.54) is 6.07 Å². The third kappa shape index (κ3) is 4.69. The standard InChI is InChI=1S/C18H24FN3O3S/c1-11(2)10-22-13(4)15(12(3)21-22)9-18(23)20-17-8-14(26(5,24)25)6-7-16(17)19/h6-8,11H,9-10H2,1-5H3,(H,20,23). The van der Waals surface area contributed by atoms with Gasteiger partial charge in [0.2, 0.25) is 5.91 Å². The van der Waals surface area contributed by atoms with E-state index >= 15 is 0 Å². The maximum absolute atomic E-state index is 13.9. The molecule has 0 unspecified atom stereocenters. The van der Waals surface area contributed by atoms with Crippen LogP contribution in [0.25, 0.3) is 0 Å². The molecule has 0 aliphatic rings. The van der Waals surface area contributed by atoms with Crippen LogP contribution in [-0.2, 0) is 27.6 Å². The zero-order chi connectivity index (χ0) is 19.6. The predicted octanol–water partition coefficient (Wildman–Crippen LogP) is 2.88. The molecule has 26 heavy (non-hydrogen) atoms. The Morgan fingerprint density at radius 3 is 2.54 bits per heavy atom. The van der Waals surface area contributed by atoms with Gasteiger partial charge in [-0.3, -0.25) is 9.48 Å². The molecule has 6 nitrogen and oxygen atoms in total. The van der Waals surface area contributed by atoms with E-state index in [1.807, 2.05) is 18.5 Å². The lowest BCUT2D eigenvalue weighted by Crippen LogP contribution is -2.17. The number of nitrogens with zero attached hydrogens (tertiary/aromatic N) is 2. The number of nitrogens with one attached hydrogen (secondary N) is 1. The highest BCUT2D eigenvalue weighted by Gasteiger charge is 2.17. The van der Waals surface area contributed by atoms with Gasteiger partial charge in [-0.15, -0.1) is 0 Å². The van der Waals surface area contributed by atoms with Gasteiger partial charge in [0.1, 0.15) is 5.82 Å². The van der Waals surface area contributed by atoms with E-state index in [0.717, 1.165) is 41.9 Å². The SMILES string of the molecule is Cc1nn(CC(C)C)c(C)c1CC(=O)Nc1cc(S(C)(=O)=O)ccc1F. The molecule has 0 aliphatic carbocycles. The minimum absolute atomic E-state index is 0.0400. The van der Waals surface area contributed by atoms with Crippen molar-refractivity contribution >= 4 is 21.4 Å². The van der Waals surface area contributed by atoms with Crippen LogP contribution in [0.2, 0.25) is 0 Å². The van der Waals surface area contributed by atoms with Crippen molar-refractivity contribution in [2.24, 2.45) is 5.92 Å². The number of amides is 1. The highest BCUT2D eigenvalue weighted by atomic mass is 32.2. The lowest BCUT2D eigenvalue weighted by Gasteiger charge is -2.09. The lowest BCUT2D eigenvalue weighted by atomic mass is 10.1. The highest BCUT2D eigenvalue weighted by molar-refractivity contribution is 7.90. The molecule has 142 valence electrons. The number of hydrogen-bond donors (Lipinski definition) is 1. The highest BCUT2D eigenvalue weighted by Crippen LogP contribution is 2.21. The molecule has 0 saturated carbocycles. The molecular formula is C18H24FN3O3S. The zero-order valence-electron chi connectivity index (χ0n) is 15.6. The quantitative estimate of drug-likeness (QED) is 0.780. The minimum Gasteiger partial charge on any atom is -0.323 e. The van der Waals surface area contributed by atoms with Gasteiger partial charge in [0.05, 0.1) is 22.7 Å². The van der Waals surface area contributed by atoms with Gasteiger partial charge >= 0.3 is 0 Å². The van der Waals surface area contributed by atoms with Crippen molar-refractivity contribution in [2.45, 2.75) is 45.6 Å². The van der Waals surface area contributed by atoms with Crippen LogP contribution in [0, 0.1) is 25.6 Å². The Morgan fingerprint density at radius 2 is 1.96 bits per heavy atom. The van der Waals surface area contributed by atoms with Gasteiger partial charge in [-0.05, 0) is 38.0 Å². The van der Waals surface area contributed by atoms with Crippen LogP contribution in [0.4, 0.5) is 10.1 Å². The van der Waals surface area contributed by atoms with Crippen LogP contribution in [0.5, 0.6) is 0 Å². The topological polar surface area (TPSA) is 81.1 Å². The van der Waals surface area contributed by atoms with E-state index in [0.29, 0.717) is 5.92 Å². The summed E-state index contributed by atoms with van der Waals surface area (Å²) >= 11 is 0. The van der Waals surface area contributed by atoms with Crippen LogP contribution in [0.1, 0.15) is 30.8 Å². The van der Waals surface area contributed by atoms with E-state index in [-0.39, 0.29) is 17.0 Å². The summed E-state index contributed by atoms with van der Waals surface area (Å²) in [5, 5.41) is 6.92. The maximum Gasteiger partial charge on any atom is 0.229 e. The lowest BCUT2D eigenvalue weighted by molar-refractivity contribution is -0.115. The summed E-state index contributed by atoms with van der Waals surface area (Å²) in [5.74, 6) is -0.693. The van der Waals surface area contributed by atoms with Crippen LogP contribution < -0.4 is 5.32 Å². The molecule has 0 aliphatic heterocycles. The molecule has 8 heteroatoms. The van der Waals surface area contributed by atoms with Crippen LogP contribution in [0.3, 0.4) is 0 Å². The number of rotatable bonds is 6. The Labute approximate surface area is 153 Å². The monoisotopic (exact) mass is 381 g/mol. The Kier molecular flexibility index (Phi) is 5.85. The largest absolute Gasteiger partial charge is 0.323 e. The van der Waals surface area contributed by atoms with Gasteiger partial charge in [0, 0.05) is 24.1 Å². The van der Waals surface area contributed by atoms with Gasteiger partial charge in [-0.1, -0.05) is 13.8 Å². The fraction of sp³-hybridized carbons (Fsp3) is 0.444. The first kappa shape index (κ1) is 20.1. The average molecular weight is 381 g/mol. The number of aryl methyl sites for hydroxylation is 1.